The van der Waals surface area contributed by atoms with Crippen LogP contribution in [-0.4, -0.2) is 19.5 Å². The van der Waals surface area contributed by atoms with Gasteiger partial charge in [0.2, 0.25) is 11.5 Å². The molecule has 0 radical (unpaired) electrons. The third kappa shape index (κ3) is 4.27. The average molecular weight is 485 g/mol. The average Bonchev–Trinajstić information content (AvgIpc) is 2.85. The Kier molecular flexibility index (Phi) is 5.80. The molecule has 174 valence electrons. The number of halogens is 1. The van der Waals surface area contributed by atoms with Gasteiger partial charge in [0.1, 0.15) is 5.82 Å². The fraction of sp³-hybridized carbons (Fsp3) is 0.0769. The van der Waals surface area contributed by atoms with E-state index in [0.717, 1.165) is 5.39 Å². The van der Waals surface area contributed by atoms with E-state index in [1.165, 1.54) is 6.07 Å². The molecule has 0 unspecified atom stereocenters. The highest BCUT2D eigenvalue weighted by molar-refractivity contribution is 6.35. The van der Waals surface area contributed by atoms with E-state index in [-0.39, 0.29) is 23.1 Å². The lowest BCUT2D eigenvalue weighted by Gasteiger charge is -2.22. The molecule has 0 fully saturated rings. The van der Waals surface area contributed by atoms with E-state index in [4.69, 9.17) is 17.3 Å². The Morgan fingerprint density at radius 1 is 1.06 bits per heavy atom. The number of nitrogens with zero attached hydrogens (tertiary/aromatic N) is 3. The summed E-state index contributed by atoms with van der Waals surface area (Å²) in [5.74, 6) is 0.564. The molecule has 3 heterocycles. The van der Waals surface area contributed by atoms with Crippen LogP contribution in [-0.2, 0) is 0 Å². The molecule has 9 heteroatoms. The summed E-state index contributed by atoms with van der Waals surface area (Å²) >= 11 is 6.42. The Bertz CT molecular complexity index is 1640. The molecule has 0 aliphatic carbocycles. The molecule has 5 rings (SSSR count). The monoisotopic (exact) mass is 484 g/mol. The summed E-state index contributed by atoms with van der Waals surface area (Å²) in [5, 5.41) is 4.97. The van der Waals surface area contributed by atoms with E-state index in [1.807, 2.05) is 55.5 Å². The zero-order valence-electron chi connectivity index (χ0n) is 18.7. The summed E-state index contributed by atoms with van der Waals surface area (Å²) < 4.78 is 1.65. The van der Waals surface area contributed by atoms with Gasteiger partial charge in [-0.05, 0) is 42.6 Å². The number of benzene rings is 2. The van der Waals surface area contributed by atoms with Gasteiger partial charge in [0, 0.05) is 41.0 Å². The van der Waals surface area contributed by atoms with Crippen LogP contribution in [0.2, 0.25) is 5.02 Å². The molecule has 4 N–H and O–H groups in total. The fourth-order valence-corrected chi connectivity index (χ4v) is 4.34. The highest BCUT2D eigenvalue weighted by atomic mass is 35.5. The number of fused-ring (bicyclic) bond motifs is 1. The largest absolute Gasteiger partial charge is 0.368 e. The molecule has 0 saturated heterocycles. The van der Waals surface area contributed by atoms with Crippen LogP contribution >= 0.6 is 11.6 Å². The summed E-state index contributed by atoms with van der Waals surface area (Å²) in [7, 11) is 0. The maximum absolute atomic E-state index is 13.7. The van der Waals surface area contributed by atoms with Gasteiger partial charge in [-0.25, -0.2) is 4.98 Å². The molecular formula is C26H21ClN6O2. The summed E-state index contributed by atoms with van der Waals surface area (Å²) in [5.41, 5.74) is 8.25. The third-order valence-electron chi connectivity index (χ3n) is 5.74. The van der Waals surface area contributed by atoms with Crippen LogP contribution in [0, 0.1) is 0 Å². The second kappa shape index (κ2) is 9.08. The van der Waals surface area contributed by atoms with Crippen molar-refractivity contribution >= 4 is 34.1 Å². The second-order valence-corrected chi connectivity index (χ2v) is 8.45. The van der Waals surface area contributed by atoms with Crippen molar-refractivity contribution in [1.82, 2.24) is 19.5 Å². The van der Waals surface area contributed by atoms with Gasteiger partial charge in [-0.15, -0.1) is 0 Å². The predicted octanol–water partition coefficient (Wildman–Crippen LogP) is 4.54. The maximum atomic E-state index is 13.7. The Morgan fingerprint density at radius 3 is 2.60 bits per heavy atom. The second-order valence-electron chi connectivity index (χ2n) is 8.05. The highest BCUT2D eigenvalue weighted by Crippen LogP contribution is 2.30. The molecule has 5 aromatic rings. The van der Waals surface area contributed by atoms with Crippen LogP contribution in [0.4, 0.5) is 11.8 Å². The van der Waals surface area contributed by atoms with Crippen LogP contribution in [0.15, 0.2) is 88.7 Å². The van der Waals surface area contributed by atoms with Gasteiger partial charge < -0.3 is 16.0 Å². The van der Waals surface area contributed by atoms with Crippen molar-refractivity contribution in [2.45, 2.75) is 13.0 Å². The molecule has 0 amide bonds. The van der Waals surface area contributed by atoms with Gasteiger partial charge in [-0.2, -0.15) is 4.98 Å². The van der Waals surface area contributed by atoms with Crippen molar-refractivity contribution in [3.63, 3.8) is 0 Å². The number of hydrogen-bond acceptors (Lipinski definition) is 6. The lowest BCUT2D eigenvalue weighted by atomic mass is 10.1. The normalized spacial score (nSPS) is 11.9. The Labute approximate surface area is 205 Å². The summed E-state index contributed by atoms with van der Waals surface area (Å²) in [4.78, 5) is 36.4. The molecule has 0 aliphatic heterocycles. The molecular weight excluding hydrogens is 464 g/mol. The number of aromatic nitrogens is 4. The minimum Gasteiger partial charge on any atom is -0.368 e. The minimum absolute atomic E-state index is 0.0959. The van der Waals surface area contributed by atoms with Crippen LogP contribution < -0.4 is 22.2 Å². The third-order valence-corrected chi connectivity index (χ3v) is 6.05. The number of rotatable bonds is 5. The van der Waals surface area contributed by atoms with Gasteiger partial charge >= 0.3 is 0 Å². The number of nitrogen functional groups attached to an aromatic ring is 1. The van der Waals surface area contributed by atoms with Crippen molar-refractivity contribution < 1.29 is 0 Å². The van der Waals surface area contributed by atoms with E-state index in [9.17, 15) is 9.59 Å². The number of para-hydroxylation sites is 1. The highest BCUT2D eigenvalue weighted by Gasteiger charge is 2.19. The van der Waals surface area contributed by atoms with Gasteiger partial charge in [0.05, 0.1) is 16.5 Å². The van der Waals surface area contributed by atoms with Crippen molar-refractivity contribution in [3.8, 4) is 16.8 Å². The molecule has 0 aliphatic rings. The molecule has 3 aromatic heterocycles. The van der Waals surface area contributed by atoms with Crippen LogP contribution in [0.25, 0.3) is 27.6 Å². The topological polar surface area (TPSA) is 119 Å². The van der Waals surface area contributed by atoms with E-state index < -0.39 is 0 Å². The lowest BCUT2D eigenvalue weighted by Crippen LogP contribution is -2.26. The number of hydrogen-bond donors (Lipinski definition) is 3. The number of nitrogens with two attached hydrogens (primary N) is 1. The van der Waals surface area contributed by atoms with Crippen molar-refractivity contribution in [1.29, 1.82) is 0 Å². The number of anilines is 2. The summed E-state index contributed by atoms with van der Waals surface area (Å²) in [6.45, 7) is 1.93. The first-order chi connectivity index (χ1) is 16.9. The number of pyridine rings is 2. The molecule has 1 atom stereocenters. The number of aromatic amines is 1. The van der Waals surface area contributed by atoms with Crippen molar-refractivity contribution in [2.75, 3.05) is 11.1 Å². The molecule has 0 bridgehead atoms. The standard InChI is InChI=1S/C26H21ClN6O2/c1-15(31-24-19(14-30-26(28)32-24)17-10-11-22(34)29-13-17)21-12-16-6-5-9-20(27)23(16)25(35)33(21)18-7-3-2-4-8-18/h2-15H,1H3,(H,29,34)(H3,28,30,31,32)/t15-/m0/s1. The molecule has 0 saturated carbocycles. The molecule has 8 nitrogen and oxygen atoms in total. The number of nitrogens with one attached hydrogen (secondary N) is 2. The first-order valence-electron chi connectivity index (χ1n) is 10.9. The molecule has 0 spiro atoms. The van der Waals surface area contributed by atoms with Gasteiger partial charge in [0.25, 0.3) is 5.56 Å². The SMILES string of the molecule is C[C@H](Nc1nc(N)ncc1-c1ccc(=O)[nH]c1)c1cc2cccc(Cl)c2c(=O)n1-c1ccccc1. The van der Waals surface area contributed by atoms with Gasteiger partial charge in [-0.3, -0.25) is 14.2 Å². The Balaban J connectivity index is 1.67. The van der Waals surface area contributed by atoms with E-state index in [1.54, 1.807) is 29.1 Å². The van der Waals surface area contributed by atoms with Gasteiger partial charge in [-0.1, -0.05) is 41.9 Å². The quantitative estimate of drug-likeness (QED) is 0.337. The fourth-order valence-electron chi connectivity index (χ4n) is 4.08. The Hall–Kier alpha value is -4.43. The zero-order chi connectivity index (χ0) is 24.5. The zero-order valence-corrected chi connectivity index (χ0v) is 19.5. The molecule has 35 heavy (non-hydrogen) atoms. The molecule has 2 aromatic carbocycles. The van der Waals surface area contributed by atoms with E-state index >= 15 is 0 Å². The first-order valence-corrected chi connectivity index (χ1v) is 11.3. The van der Waals surface area contributed by atoms with Gasteiger partial charge in [0.15, 0.2) is 0 Å². The number of H-pyrrole nitrogens is 1. The Morgan fingerprint density at radius 2 is 1.86 bits per heavy atom. The lowest BCUT2D eigenvalue weighted by molar-refractivity contribution is 0.773. The van der Waals surface area contributed by atoms with Crippen LogP contribution in [0.1, 0.15) is 18.7 Å². The first kappa shape index (κ1) is 22.4. The van der Waals surface area contributed by atoms with E-state index in [2.05, 4.69) is 20.3 Å². The smallest absolute Gasteiger partial charge is 0.264 e. The predicted molar refractivity (Wildman–Crippen MR) is 139 cm³/mol. The van der Waals surface area contributed by atoms with Crippen LogP contribution in [0.3, 0.4) is 0 Å². The summed E-state index contributed by atoms with van der Waals surface area (Å²) in [6.07, 6.45) is 3.18. The van der Waals surface area contributed by atoms with Crippen LogP contribution in [0.5, 0.6) is 0 Å². The van der Waals surface area contributed by atoms with Crippen molar-refractivity contribution in [2.24, 2.45) is 0 Å². The minimum atomic E-state index is -0.373. The van der Waals surface area contributed by atoms with E-state index in [0.29, 0.717) is 38.7 Å². The van der Waals surface area contributed by atoms with Crippen molar-refractivity contribution in [3.05, 3.63) is 111 Å². The summed E-state index contributed by atoms with van der Waals surface area (Å²) in [6, 6.07) is 19.5. The maximum Gasteiger partial charge on any atom is 0.264 e.